The molecule has 2 aromatic heterocycles. The summed E-state index contributed by atoms with van der Waals surface area (Å²) in [6.45, 7) is 0. The number of aromatic nitrogens is 2. The molecule has 1 aromatic carbocycles. The molecule has 3 aromatic rings. The van der Waals surface area contributed by atoms with E-state index in [1.54, 1.807) is 13.3 Å². The molecular formula is C15H14N2O2. The van der Waals surface area contributed by atoms with Crippen LogP contribution >= 0.6 is 0 Å². The van der Waals surface area contributed by atoms with Crippen molar-refractivity contribution in [2.24, 2.45) is 0 Å². The summed E-state index contributed by atoms with van der Waals surface area (Å²) in [5.74, 6) is 0.841. The van der Waals surface area contributed by atoms with Crippen molar-refractivity contribution >= 4 is 17.2 Å². The Balaban J connectivity index is 1.95. The highest BCUT2D eigenvalue weighted by Crippen LogP contribution is 2.23. The first-order chi connectivity index (χ1) is 9.30. The number of aldehydes is 1. The zero-order valence-corrected chi connectivity index (χ0v) is 10.6. The maximum atomic E-state index is 10.9. The van der Waals surface area contributed by atoms with Crippen molar-refractivity contribution in [1.29, 1.82) is 0 Å². The lowest BCUT2D eigenvalue weighted by molar-refractivity contribution is 0.112. The summed E-state index contributed by atoms with van der Waals surface area (Å²) in [4.78, 5) is 17.2. The first-order valence-electron chi connectivity index (χ1n) is 6.06. The van der Waals surface area contributed by atoms with E-state index >= 15 is 0 Å². The molecule has 0 amide bonds. The van der Waals surface area contributed by atoms with Gasteiger partial charge in [0.15, 0.2) is 6.29 Å². The first kappa shape index (κ1) is 11.6. The number of benzene rings is 1. The Bertz CT molecular complexity index is 725. The molecule has 0 saturated heterocycles. The van der Waals surface area contributed by atoms with Crippen LogP contribution in [0.3, 0.4) is 0 Å². The number of nitrogens with one attached hydrogen (secondary N) is 2. The van der Waals surface area contributed by atoms with Crippen molar-refractivity contribution in [3.8, 4) is 5.75 Å². The molecule has 2 N–H and O–H groups in total. The van der Waals surface area contributed by atoms with E-state index in [2.05, 4.69) is 16.0 Å². The fraction of sp³-hybridized carbons (Fsp3) is 0.133. The van der Waals surface area contributed by atoms with Gasteiger partial charge < -0.3 is 14.7 Å². The minimum absolute atomic E-state index is 0.703. The molecule has 0 atom stereocenters. The molecule has 0 radical (unpaired) electrons. The van der Waals surface area contributed by atoms with Gasteiger partial charge in [-0.2, -0.15) is 0 Å². The Morgan fingerprint density at radius 2 is 2.16 bits per heavy atom. The van der Waals surface area contributed by atoms with Gasteiger partial charge in [0.25, 0.3) is 0 Å². The number of methoxy groups -OCH3 is 1. The number of fused-ring (bicyclic) bond motifs is 1. The Hall–Kier alpha value is -2.49. The zero-order valence-electron chi connectivity index (χ0n) is 10.6. The Kier molecular flexibility index (Phi) is 2.83. The molecule has 0 unspecified atom stereocenters. The van der Waals surface area contributed by atoms with Gasteiger partial charge in [-0.15, -0.1) is 0 Å². The first-order valence-corrected chi connectivity index (χ1v) is 6.06. The Labute approximate surface area is 110 Å². The molecule has 4 nitrogen and oxygen atoms in total. The Morgan fingerprint density at radius 3 is 2.95 bits per heavy atom. The standard InChI is InChI=1S/C15H14N2O2/c1-19-14-2-3-15-10(6-14)4-13(17-15)5-11-7-16-8-12(11)9-18/h2-4,6-9,16-17H,5H2,1H3. The molecule has 4 heteroatoms. The van der Waals surface area contributed by atoms with E-state index in [-0.39, 0.29) is 0 Å². The van der Waals surface area contributed by atoms with Crippen molar-refractivity contribution in [2.45, 2.75) is 6.42 Å². The number of rotatable bonds is 4. The molecule has 0 aliphatic heterocycles. The minimum Gasteiger partial charge on any atom is -0.497 e. The number of ether oxygens (including phenoxy) is 1. The predicted molar refractivity (Wildman–Crippen MR) is 73.8 cm³/mol. The van der Waals surface area contributed by atoms with Crippen LogP contribution in [0.5, 0.6) is 5.75 Å². The SMILES string of the molecule is COc1ccc2[nH]c(Cc3c[nH]cc3C=O)cc2c1. The molecule has 3 rings (SSSR count). The minimum atomic E-state index is 0.703. The summed E-state index contributed by atoms with van der Waals surface area (Å²) < 4.78 is 5.21. The summed E-state index contributed by atoms with van der Waals surface area (Å²) >= 11 is 0. The van der Waals surface area contributed by atoms with Crippen LogP contribution in [0.15, 0.2) is 36.7 Å². The highest BCUT2D eigenvalue weighted by atomic mass is 16.5. The third-order valence-electron chi connectivity index (χ3n) is 3.26. The normalized spacial score (nSPS) is 10.8. The lowest BCUT2D eigenvalue weighted by atomic mass is 10.1. The number of aromatic amines is 2. The molecule has 0 spiro atoms. The van der Waals surface area contributed by atoms with Crippen LogP contribution in [0.4, 0.5) is 0 Å². The third kappa shape index (κ3) is 2.12. The number of hydrogen-bond acceptors (Lipinski definition) is 2. The van der Waals surface area contributed by atoms with Gasteiger partial charge in [-0.25, -0.2) is 0 Å². The molecule has 0 aliphatic carbocycles. The van der Waals surface area contributed by atoms with E-state index in [0.717, 1.165) is 34.2 Å². The molecule has 96 valence electrons. The van der Waals surface area contributed by atoms with Gasteiger partial charge in [-0.1, -0.05) is 0 Å². The molecular weight excluding hydrogens is 240 g/mol. The average Bonchev–Trinajstić information content (AvgIpc) is 3.03. The average molecular weight is 254 g/mol. The van der Waals surface area contributed by atoms with Gasteiger partial charge in [-0.3, -0.25) is 4.79 Å². The van der Waals surface area contributed by atoms with E-state index in [9.17, 15) is 4.79 Å². The van der Waals surface area contributed by atoms with Gasteiger partial charge in [0.2, 0.25) is 0 Å². The fourth-order valence-electron chi connectivity index (χ4n) is 2.27. The van der Waals surface area contributed by atoms with Crippen LogP contribution in [0.25, 0.3) is 10.9 Å². The number of H-pyrrole nitrogens is 2. The van der Waals surface area contributed by atoms with Crippen LogP contribution in [-0.4, -0.2) is 23.4 Å². The van der Waals surface area contributed by atoms with Gasteiger partial charge in [-0.05, 0) is 29.8 Å². The highest BCUT2D eigenvalue weighted by molar-refractivity contribution is 5.82. The molecule has 0 fully saturated rings. The Morgan fingerprint density at radius 1 is 1.26 bits per heavy atom. The van der Waals surface area contributed by atoms with Gasteiger partial charge >= 0.3 is 0 Å². The summed E-state index contributed by atoms with van der Waals surface area (Å²) in [6.07, 6.45) is 5.15. The monoisotopic (exact) mass is 254 g/mol. The second-order valence-electron chi connectivity index (χ2n) is 4.48. The van der Waals surface area contributed by atoms with Crippen molar-refractivity contribution in [3.63, 3.8) is 0 Å². The lowest BCUT2D eigenvalue weighted by Gasteiger charge is -1.97. The van der Waals surface area contributed by atoms with Gasteiger partial charge in [0.05, 0.1) is 7.11 Å². The number of carbonyl (C=O) groups excluding carboxylic acids is 1. The fourth-order valence-corrected chi connectivity index (χ4v) is 2.27. The van der Waals surface area contributed by atoms with Crippen molar-refractivity contribution in [2.75, 3.05) is 7.11 Å². The van der Waals surface area contributed by atoms with Crippen molar-refractivity contribution < 1.29 is 9.53 Å². The van der Waals surface area contributed by atoms with Gasteiger partial charge in [0.1, 0.15) is 5.75 Å². The van der Waals surface area contributed by atoms with Gasteiger partial charge in [0, 0.05) is 41.0 Å². The number of carbonyl (C=O) groups is 1. The topological polar surface area (TPSA) is 57.9 Å². The second kappa shape index (κ2) is 4.65. The highest BCUT2D eigenvalue weighted by Gasteiger charge is 2.07. The van der Waals surface area contributed by atoms with Crippen molar-refractivity contribution in [3.05, 3.63) is 53.5 Å². The van der Waals surface area contributed by atoms with Crippen molar-refractivity contribution in [1.82, 2.24) is 9.97 Å². The van der Waals surface area contributed by atoms with E-state index in [1.807, 2.05) is 24.4 Å². The largest absolute Gasteiger partial charge is 0.497 e. The summed E-state index contributed by atoms with van der Waals surface area (Å²) in [5, 5.41) is 1.11. The van der Waals surface area contributed by atoms with E-state index < -0.39 is 0 Å². The molecule has 2 heterocycles. The lowest BCUT2D eigenvalue weighted by Crippen LogP contribution is -1.90. The third-order valence-corrected chi connectivity index (χ3v) is 3.26. The maximum absolute atomic E-state index is 10.9. The molecule has 0 bridgehead atoms. The number of hydrogen-bond donors (Lipinski definition) is 2. The van der Waals surface area contributed by atoms with Crippen LogP contribution in [-0.2, 0) is 6.42 Å². The summed E-state index contributed by atoms with van der Waals surface area (Å²) in [5.41, 5.74) is 3.84. The van der Waals surface area contributed by atoms with E-state index in [4.69, 9.17) is 4.74 Å². The van der Waals surface area contributed by atoms with Crippen LogP contribution in [0.1, 0.15) is 21.6 Å². The van der Waals surface area contributed by atoms with E-state index in [1.165, 1.54) is 0 Å². The second-order valence-corrected chi connectivity index (χ2v) is 4.48. The maximum Gasteiger partial charge on any atom is 0.151 e. The molecule has 19 heavy (non-hydrogen) atoms. The summed E-state index contributed by atoms with van der Waals surface area (Å²) in [7, 11) is 1.66. The van der Waals surface area contributed by atoms with Crippen LogP contribution in [0, 0.1) is 0 Å². The van der Waals surface area contributed by atoms with Crippen LogP contribution < -0.4 is 4.74 Å². The predicted octanol–water partition coefficient (Wildman–Crippen LogP) is 2.91. The summed E-state index contributed by atoms with van der Waals surface area (Å²) in [6, 6.07) is 8.00. The van der Waals surface area contributed by atoms with Crippen LogP contribution in [0.2, 0.25) is 0 Å². The quantitative estimate of drug-likeness (QED) is 0.703. The zero-order chi connectivity index (χ0) is 13.2. The smallest absolute Gasteiger partial charge is 0.151 e. The van der Waals surface area contributed by atoms with E-state index in [0.29, 0.717) is 12.0 Å². The molecule has 0 aliphatic rings. The molecule has 0 saturated carbocycles.